The van der Waals surface area contributed by atoms with E-state index in [4.69, 9.17) is 0 Å². The minimum absolute atomic E-state index is 0.0963. The summed E-state index contributed by atoms with van der Waals surface area (Å²) in [6.45, 7) is 4.19. The van der Waals surface area contributed by atoms with Crippen molar-refractivity contribution in [3.05, 3.63) is 47.7 Å². The summed E-state index contributed by atoms with van der Waals surface area (Å²) >= 11 is 0. The highest BCUT2D eigenvalue weighted by Gasteiger charge is 2.38. The van der Waals surface area contributed by atoms with E-state index in [1.54, 1.807) is 12.3 Å². The van der Waals surface area contributed by atoms with E-state index in [0.717, 1.165) is 30.4 Å². The molecule has 26 heavy (non-hydrogen) atoms. The van der Waals surface area contributed by atoms with Crippen molar-refractivity contribution in [3.63, 3.8) is 0 Å². The Balaban J connectivity index is 2.15. The molecule has 0 bridgehead atoms. The summed E-state index contributed by atoms with van der Waals surface area (Å²) in [5.74, 6) is 0. The number of benzene rings is 1. The average molecular weight is 393 g/mol. The summed E-state index contributed by atoms with van der Waals surface area (Å²) in [4.78, 5) is 0. The van der Waals surface area contributed by atoms with Crippen LogP contribution < -0.4 is 5.44 Å². The summed E-state index contributed by atoms with van der Waals surface area (Å²) in [7, 11) is -0.645. The second-order valence-corrected chi connectivity index (χ2v) is 9.72. The first-order valence-electron chi connectivity index (χ1n) is 8.24. The molecule has 1 aromatic carbocycles. The van der Waals surface area contributed by atoms with Gasteiger partial charge in [0.05, 0.1) is 11.1 Å². The zero-order valence-corrected chi connectivity index (χ0v) is 15.1. The number of halogens is 6. The van der Waals surface area contributed by atoms with Crippen LogP contribution in [-0.2, 0) is 12.4 Å². The third-order valence-corrected chi connectivity index (χ3v) is 8.10. The molecule has 142 valence electrons. The van der Waals surface area contributed by atoms with Crippen molar-refractivity contribution in [1.82, 2.24) is 4.57 Å². The maximum Gasteiger partial charge on any atom is 0.416 e. The molecule has 1 aromatic heterocycles. The van der Waals surface area contributed by atoms with Crippen LogP contribution in [0.15, 0.2) is 36.5 Å². The average Bonchev–Trinajstić information content (AvgIpc) is 3.11. The highest BCUT2D eigenvalue weighted by Crippen LogP contribution is 2.54. The van der Waals surface area contributed by atoms with E-state index in [1.807, 2.05) is 6.07 Å². The minimum atomic E-state index is -4.84. The number of rotatable bonds is 2. The molecule has 2 atom stereocenters. The molecule has 1 fully saturated rings. The molecule has 2 aromatic rings. The summed E-state index contributed by atoms with van der Waals surface area (Å²) in [5.41, 5.74) is -1.07. The van der Waals surface area contributed by atoms with Crippen LogP contribution in [0.2, 0.25) is 0 Å². The van der Waals surface area contributed by atoms with E-state index in [2.05, 4.69) is 13.8 Å². The summed E-state index contributed by atoms with van der Waals surface area (Å²) in [5, 5.41) is 0. The normalized spacial score (nSPS) is 22.2. The molecule has 0 amide bonds. The monoisotopic (exact) mass is 393 g/mol. The Labute approximate surface area is 148 Å². The molecular weight excluding hydrogens is 375 g/mol. The topological polar surface area (TPSA) is 4.93 Å². The van der Waals surface area contributed by atoms with Gasteiger partial charge in [0.2, 0.25) is 0 Å². The Kier molecular flexibility index (Phi) is 4.89. The summed E-state index contributed by atoms with van der Waals surface area (Å²) < 4.78 is 80.3. The maximum absolute atomic E-state index is 13.1. The van der Waals surface area contributed by atoms with Crippen molar-refractivity contribution in [3.8, 4) is 5.69 Å². The molecule has 0 spiro atoms. The molecule has 1 nitrogen and oxygen atoms in total. The van der Waals surface area contributed by atoms with E-state index in [1.165, 1.54) is 4.57 Å². The quantitative estimate of drug-likeness (QED) is 0.423. The van der Waals surface area contributed by atoms with Crippen LogP contribution in [0, 0.1) is 0 Å². The van der Waals surface area contributed by atoms with Gasteiger partial charge in [-0.25, -0.2) is 0 Å². The Morgan fingerprint density at radius 2 is 1.38 bits per heavy atom. The Morgan fingerprint density at radius 3 is 1.85 bits per heavy atom. The van der Waals surface area contributed by atoms with Crippen molar-refractivity contribution in [2.75, 3.05) is 0 Å². The van der Waals surface area contributed by atoms with Gasteiger partial charge in [0, 0.05) is 17.3 Å². The lowest BCUT2D eigenvalue weighted by Gasteiger charge is -2.24. The summed E-state index contributed by atoms with van der Waals surface area (Å²) in [6, 6.07) is 5.25. The number of hydrogen-bond acceptors (Lipinski definition) is 0. The fourth-order valence-corrected chi connectivity index (χ4v) is 6.84. The van der Waals surface area contributed by atoms with Gasteiger partial charge in [0.1, 0.15) is 0 Å². The number of hydrogen-bond donors (Lipinski definition) is 0. The Morgan fingerprint density at radius 1 is 0.885 bits per heavy atom. The molecule has 0 radical (unpaired) electrons. The van der Waals surface area contributed by atoms with Crippen molar-refractivity contribution >= 4 is 13.4 Å². The smallest absolute Gasteiger partial charge is 0.317 e. The van der Waals surface area contributed by atoms with Gasteiger partial charge >= 0.3 is 12.4 Å². The van der Waals surface area contributed by atoms with Crippen molar-refractivity contribution in [1.29, 1.82) is 0 Å². The van der Waals surface area contributed by atoms with Gasteiger partial charge in [-0.05, 0) is 54.5 Å². The van der Waals surface area contributed by atoms with Crippen molar-refractivity contribution in [2.24, 2.45) is 0 Å². The zero-order valence-electron chi connectivity index (χ0n) is 14.2. The third-order valence-electron chi connectivity index (χ3n) is 4.79. The van der Waals surface area contributed by atoms with Gasteiger partial charge in [0.25, 0.3) is 0 Å². The van der Waals surface area contributed by atoms with Gasteiger partial charge in [-0.2, -0.15) is 26.3 Å². The lowest BCUT2D eigenvalue weighted by molar-refractivity contribution is -0.143. The van der Waals surface area contributed by atoms with Crippen LogP contribution in [-0.4, -0.2) is 15.9 Å². The van der Waals surface area contributed by atoms with Crippen LogP contribution in [0.3, 0.4) is 0 Å². The van der Waals surface area contributed by atoms with Crippen molar-refractivity contribution < 1.29 is 26.3 Å². The molecule has 0 unspecified atom stereocenters. The fraction of sp³-hybridized carbons (Fsp3) is 0.444. The third kappa shape index (κ3) is 3.64. The molecule has 0 aliphatic carbocycles. The Hall–Kier alpha value is -1.49. The zero-order chi connectivity index (χ0) is 19.3. The SMILES string of the molecule is C[C@@H]1CC[C@@H](C)P1c1cccn1-c1cc(C(F)(F)F)cc(C(F)(F)F)c1. The Bertz CT molecular complexity index is 749. The molecule has 1 aliphatic rings. The number of nitrogens with zero attached hydrogens (tertiary/aromatic N) is 1. The van der Waals surface area contributed by atoms with E-state index in [-0.39, 0.29) is 11.8 Å². The first-order chi connectivity index (χ1) is 12.0. The lowest BCUT2D eigenvalue weighted by atomic mass is 10.1. The lowest BCUT2D eigenvalue weighted by Crippen LogP contribution is -2.20. The molecule has 1 aliphatic heterocycles. The standard InChI is InChI=1S/C18H18F6NP/c1-11-5-6-12(2)26(11)16-4-3-7-25(16)15-9-13(17(19,20)21)8-14(10-15)18(22,23)24/h3-4,7-12H,5-6H2,1-2H3/t11-,12-/m1/s1. The van der Waals surface area contributed by atoms with Crippen LogP contribution in [0.1, 0.15) is 37.8 Å². The van der Waals surface area contributed by atoms with E-state index in [0.29, 0.717) is 11.3 Å². The highest BCUT2D eigenvalue weighted by molar-refractivity contribution is 7.67. The van der Waals surface area contributed by atoms with Gasteiger partial charge in [-0.1, -0.05) is 21.8 Å². The second-order valence-electron chi connectivity index (χ2n) is 6.68. The fourth-order valence-electron chi connectivity index (χ4n) is 3.52. The van der Waals surface area contributed by atoms with Crippen LogP contribution in [0.5, 0.6) is 0 Å². The first-order valence-corrected chi connectivity index (χ1v) is 9.72. The van der Waals surface area contributed by atoms with Crippen LogP contribution in [0.4, 0.5) is 26.3 Å². The number of aromatic nitrogens is 1. The second kappa shape index (κ2) is 6.59. The van der Waals surface area contributed by atoms with Crippen LogP contribution in [0.25, 0.3) is 5.69 Å². The molecule has 0 N–H and O–H groups in total. The molecule has 3 rings (SSSR count). The summed E-state index contributed by atoms with van der Waals surface area (Å²) in [6.07, 6.45) is -6.10. The molecular formula is C18H18F6NP. The molecule has 2 heterocycles. The van der Waals surface area contributed by atoms with E-state index in [9.17, 15) is 26.3 Å². The molecule has 1 saturated heterocycles. The van der Waals surface area contributed by atoms with E-state index >= 15 is 0 Å². The van der Waals surface area contributed by atoms with Gasteiger partial charge in [-0.15, -0.1) is 0 Å². The van der Waals surface area contributed by atoms with Gasteiger partial charge < -0.3 is 4.57 Å². The van der Waals surface area contributed by atoms with E-state index < -0.39 is 31.4 Å². The predicted octanol–water partition coefficient (Wildman–Crippen LogP) is 6.19. The van der Waals surface area contributed by atoms with Crippen LogP contribution >= 0.6 is 7.92 Å². The largest absolute Gasteiger partial charge is 0.416 e. The first kappa shape index (κ1) is 19.3. The molecule has 8 heteroatoms. The van der Waals surface area contributed by atoms with Gasteiger partial charge in [-0.3, -0.25) is 0 Å². The van der Waals surface area contributed by atoms with Gasteiger partial charge in [0.15, 0.2) is 0 Å². The number of alkyl halides is 6. The predicted molar refractivity (Wildman–Crippen MR) is 90.5 cm³/mol. The minimum Gasteiger partial charge on any atom is -0.317 e. The maximum atomic E-state index is 13.1. The highest BCUT2D eigenvalue weighted by atomic mass is 31.1. The van der Waals surface area contributed by atoms with Crippen molar-refractivity contribution in [2.45, 2.75) is 50.4 Å². The molecule has 0 saturated carbocycles.